The molecule has 0 aromatic heterocycles. The van der Waals surface area contributed by atoms with Crippen molar-refractivity contribution in [2.45, 2.75) is 25.3 Å². The summed E-state index contributed by atoms with van der Waals surface area (Å²) in [5.41, 5.74) is 5.61. The van der Waals surface area contributed by atoms with Crippen LogP contribution in [0.4, 0.5) is 0 Å². The molecule has 1 unspecified atom stereocenters. The molecule has 2 aromatic rings. The minimum absolute atomic E-state index is 0.242. The molecule has 2 rings (SSSR count). The highest BCUT2D eigenvalue weighted by molar-refractivity contribution is 5.89. The molecule has 0 radical (unpaired) electrons. The smallest absolute Gasteiger partial charge is 0.356 e. The van der Waals surface area contributed by atoms with Crippen LogP contribution in [0.5, 0.6) is 0 Å². The minimum Gasteiger partial charge on any atom is -0.480 e. The molecule has 1 atom stereocenters. The van der Waals surface area contributed by atoms with Gasteiger partial charge in [0.1, 0.15) is 6.04 Å². The molecule has 0 aliphatic rings. The number of rotatable bonds is 11. The predicted molar refractivity (Wildman–Crippen MR) is 100 cm³/mol. The van der Waals surface area contributed by atoms with Crippen LogP contribution in [0.2, 0.25) is 0 Å². The van der Waals surface area contributed by atoms with E-state index < -0.39 is 23.9 Å². The molecule has 0 aliphatic carbocycles. The molecule has 2 aromatic carbocycles. The fourth-order valence-electron chi connectivity index (χ4n) is 2.29. The fourth-order valence-corrected chi connectivity index (χ4v) is 2.29. The van der Waals surface area contributed by atoms with Crippen molar-refractivity contribution in [2.24, 2.45) is 0 Å². The van der Waals surface area contributed by atoms with E-state index in [9.17, 15) is 19.5 Å². The van der Waals surface area contributed by atoms with E-state index in [-0.39, 0.29) is 6.42 Å². The van der Waals surface area contributed by atoms with Crippen LogP contribution in [0, 0.1) is 0 Å². The Morgan fingerprint density at radius 1 is 0.821 bits per heavy atom. The zero-order chi connectivity index (χ0) is 20.2. The number of hydrogen-bond acceptors (Lipinski definition) is 7. The van der Waals surface area contributed by atoms with E-state index in [2.05, 4.69) is 11.0 Å². The molecular formula is C20H22N2O6. The number of carbonyl (C=O) groups excluding carboxylic acids is 2. The molecule has 0 fully saturated rings. The van der Waals surface area contributed by atoms with Crippen LogP contribution in [0.15, 0.2) is 60.7 Å². The molecule has 8 heteroatoms. The molecule has 0 aliphatic heterocycles. The first-order valence-corrected chi connectivity index (χ1v) is 8.81. The number of aliphatic carboxylic acids is 1. The molecule has 0 saturated heterocycles. The zero-order valence-electron chi connectivity index (χ0n) is 15.2. The molecule has 28 heavy (non-hydrogen) atoms. The number of carboxylic acid groups (broad SMARTS) is 1. The third-order valence-electron chi connectivity index (χ3n) is 3.80. The second-order valence-corrected chi connectivity index (χ2v) is 5.91. The van der Waals surface area contributed by atoms with Gasteiger partial charge in [-0.15, -0.1) is 5.48 Å². The van der Waals surface area contributed by atoms with Crippen molar-refractivity contribution in [3.05, 3.63) is 71.8 Å². The lowest BCUT2D eigenvalue weighted by Gasteiger charge is -2.14. The van der Waals surface area contributed by atoms with Crippen LogP contribution in [-0.4, -0.2) is 35.6 Å². The summed E-state index contributed by atoms with van der Waals surface area (Å²) >= 11 is 0. The number of carboxylic acids is 1. The van der Waals surface area contributed by atoms with Crippen LogP contribution < -0.4 is 11.0 Å². The maximum absolute atomic E-state index is 11.8. The maximum Gasteiger partial charge on any atom is 0.356 e. The molecule has 3 N–H and O–H groups in total. The quantitative estimate of drug-likeness (QED) is 0.398. The average Bonchev–Trinajstić information content (AvgIpc) is 2.73. The molecule has 0 amide bonds. The van der Waals surface area contributed by atoms with E-state index in [1.165, 1.54) is 0 Å². The van der Waals surface area contributed by atoms with Gasteiger partial charge < -0.3 is 14.8 Å². The Balaban J connectivity index is 1.63. The zero-order valence-corrected chi connectivity index (χ0v) is 15.2. The van der Waals surface area contributed by atoms with E-state index in [1.807, 2.05) is 0 Å². The van der Waals surface area contributed by atoms with Gasteiger partial charge in [-0.2, -0.15) is 5.48 Å². The Bertz CT molecular complexity index is 767. The van der Waals surface area contributed by atoms with Crippen LogP contribution in [-0.2, 0) is 14.5 Å². The normalized spacial score (nSPS) is 11.4. The monoisotopic (exact) mass is 386 g/mol. The van der Waals surface area contributed by atoms with Crippen LogP contribution >= 0.6 is 0 Å². The summed E-state index contributed by atoms with van der Waals surface area (Å²) in [6.45, 7) is 0.370. The van der Waals surface area contributed by atoms with Gasteiger partial charge in [0.2, 0.25) is 0 Å². The predicted octanol–water partition coefficient (Wildman–Crippen LogP) is 2.33. The Labute approximate surface area is 162 Å². The van der Waals surface area contributed by atoms with Crippen molar-refractivity contribution in [1.82, 2.24) is 11.0 Å². The molecule has 8 nitrogen and oxygen atoms in total. The van der Waals surface area contributed by atoms with E-state index >= 15 is 0 Å². The first kappa shape index (κ1) is 21.1. The standard InChI is InChI=1S/C20H22N2O6/c23-18(24)17(22-28-20(26)16-11-5-2-6-12-16)13-7-8-14-21-27-19(25)15-9-3-1-4-10-15/h1-6,9-12,17,21-22H,7-8,13-14H2,(H,23,24). The lowest BCUT2D eigenvalue weighted by molar-refractivity contribution is -0.142. The third-order valence-corrected chi connectivity index (χ3v) is 3.80. The maximum atomic E-state index is 11.8. The summed E-state index contributed by atoms with van der Waals surface area (Å²) in [5.74, 6) is -2.26. The number of hydrogen-bond donors (Lipinski definition) is 3. The van der Waals surface area contributed by atoms with Crippen molar-refractivity contribution in [3.8, 4) is 0 Å². The second kappa shape index (κ2) is 11.5. The van der Waals surface area contributed by atoms with Crippen LogP contribution in [0.1, 0.15) is 40.0 Å². The van der Waals surface area contributed by atoms with Gasteiger partial charge in [0, 0.05) is 6.54 Å². The van der Waals surface area contributed by atoms with Crippen molar-refractivity contribution in [2.75, 3.05) is 6.54 Å². The van der Waals surface area contributed by atoms with E-state index in [1.54, 1.807) is 60.7 Å². The molecular weight excluding hydrogens is 364 g/mol. The lowest BCUT2D eigenvalue weighted by atomic mass is 10.1. The number of unbranched alkanes of at least 4 members (excludes halogenated alkanes) is 1. The Hall–Kier alpha value is -3.23. The first-order chi connectivity index (χ1) is 13.6. The number of carbonyl (C=O) groups is 3. The van der Waals surface area contributed by atoms with Gasteiger partial charge in [0.15, 0.2) is 0 Å². The molecule has 148 valence electrons. The number of benzene rings is 2. The summed E-state index contributed by atoms with van der Waals surface area (Å²) in [5, 5.41) is 9.22. The summed E-state index contributed by atoms with van der Waals surface area (Å²) in [6, 6.07) is 15.8. The molecule has 0 heterocycles. The van der Waals surface area contributed by atoms with E-state index in [0.29, 0.717) is 30.5 Å². The SMILES string of the molecule is O=C(ONCCCCC(NOC(=O)c1ccccc1)C(=O)O)c1ccccc1. The van der Waals surface area contributed by atoms with Crippen molar-refractivity contribution < 1.29 is 29.2 Å². The van der Waals surface area contributed by atoms with Gasteiger partial charge in [-0.25, -0.2) is 9.59 Å². The van der Waals surface area contributed by atoms with Gasteiger partial charge in [0.05, 0.1) is 11.1 Å². The van der Waals surface area contributed by atoms with Crippen molar-refractivity contribution in [1.29, 1.82) is 0 Å². The van der Waals surface area contributed by atoms with E-state index in [0.717, 1.165) is 0 Å². The van der Waals surface area contributed by atoms with Crippen LogP contribution in [0.25, 0.3) is 0 Å². The van der Waals surface area contributed by atoms with E-state index in [4.69, 9.17) is 9.68 Å². The largest absolute Gasteiger partial charge is 0.480 e. The Morgan fingerprint density at radius 2 is 1.36 bits per heavy atom. The first-order valence-electron chi connectivity index (χ1n) is 8.81. The second-order valence-electron chi connectivity index (χ2n) is 5.91. The minimum atomic E-state index is -1.12. The van der Waals surface area contributed by atoms with Gasteiger partial charge in [-0.3, -0.25) is 4.79 Å². The molecule has 0 spiro atoms. The van der Waals surface area contributed by atoms with Gasteiger partial charge in [-0.1, -0.05) is 36.4 Å². The van der Waals surface area contributed by atoms with Crippen LogP contribution in [0.3, 0.4) is 0 Å². The lowest BCUT2D eigenvalue weighted by Crippen LogP contribution is -2.38. The summed E-state index contributed by atoms with van der Waals surface area (Å²) in [7, 11) is 0. The highest BCUT2D eigenvalue weighted by atomic mass is 16.7. The molecule has 0 bridgehead atoms. The Morgan fingerprint density at radius 3 is 1.89 bits per heavy atom. The van der Waals surface area contributed by atoms with Gasteiger partial charge >= 0.3 is 17.9 Å². The van der Waals surface area contributed by atoms with Gasteiger partial charge in [0.25, 0.3) is 0 Å². The highest BCUT2D eigenvalue weighted by Gasteiger charge is 2.19. The summed E-state index contributed by atoms with van der Waals surface area (Å²) < 4.78 is 0. The molecule has 0 saturated carbocycles. The summed E-state index contributed by atoms with van der Waals surface area (Å²) in [4.78, 5) is 44.6. The topological polar surface area (TPSA) is 114 Å². The Kier molecular flexibility index (Phi) is 8.64. The third kappa shape index (κ3) is 7.18. The fraction of sp³-hybridized carbons (Fsp3) is 0.250. The number of hydroxylamine groups is 2. The average molecular weight is 386 g/mol. The highest BCUT2D eigenvalue weighted by Crippen LogP contribution is 2.05. The summed E-state index contributed by atoms with van der Waals surface area (Å²) in [6.07, 6.45) is 1.33. The van der Waals surface area contributed by atoms with Crippen molar-refractivity contribution in [3.63, 3.8) is 0 Å². The number of nitrogens with one attached hydrogen (secondary N) is 2. The van der Waals surface area contributed by atoms with Crippen molar-refractivity contribution >= 4 is 17.9 Å². The van der Waals surface area contributed by atoms with Gasteiger partial charge in [-0.05, 0) is 43.5 Å².